The Morgan fingerprint density at radius 2 is 1.91 bits per heavy atom. The monoisotopic (exact) mass is 506 g/mol. The average molecular weight is 507 g/mol. The number of ether oxygens (including phenoxy) is 1. The summed E-state index contributed by atoms with van der Waals surface area (Å²) in [6, 6.07) is 15.0. The first kappa shape index (κ1) is 22.7. The van der Waals surface area contributed by atoms with E-state index in [1.807, 2.05) is 26.8 Å². The highest BCUT2D eigenvalue weighted by Gasteiger charge is 2.47. The molecule has 1 amide bonds. The summed E-state index contributed by atoms with van der Waals surface area (Å²) in [7, 11) is 0. The number of nitrogens with zero attached hydrogens (tertiary/aromatic N) is 2. The van der Waals surface area contributed by atoms with E-state index in [9.17, 15) is 14.7 Å². The lowest BCUT2D eigenvalue weighted by Crippen LogP contribution is -2.29. The van der Waals surface area contributed by atoms with Crippen molar-refractivity contribution in [3.63, 3.8) is 0 Å². The van der Waals surface area contributed by atoms with E-state index in [0.717, 1.165) is 10.0 Å². The molecule has 1 aliphatic heterocycles. The molecule has 4 rings (SSSR count). The molecular weight excluding hydrogens is 484 g/mol. The molecule has 2 aromatic carbocycles. The van der Waals surface area contributed by atoms with E-state index < -0.39 is 17.7 Å². The van der Waals surface area contributed by atoms with Crippen molar-refractivity contribution >= 4 is 39.1 Å². The zero-order valence-corrected chi connectivity index (χ0v) is 20.0. The first-order valence-electron chi connectivity index (χ1n) is 10.5. The lowest BCUT2D eigenvalue weighted by atomic mass is 9.95. The van der Waals surface area contributed by atoms with Crippen LogP contribution in [0.1, 0.15) is 36.6 Å². The largest absolute Gasteiger partial charge is 0.507 e. The highest BCUT2D eigenvalue weighted by atomic mass is 79.9. The maximum atomic E-state index is 13.2. The van der Waals surface area contributed by atoms with Crippen molar-refractivity contribution in [1.29, 1.82) is 0 Å². The molecule has 7 heteroatoms. The predicted molar refractivity (Wildman–Crippen MR) is 130 cm³/mol. The third-order valence-corrected chi connectivity index (χ3v) is 5.84. The van der Waals surface area contributed by atoms with Crippen LogP contribution < -0.4 is 9.64 Å². The first-order valence-corrected chi connectivity index (χ1v) is 11.3. The fraction of sp³-hybridized carbons (Fsp3) is 0.192. The van der Waals surface area contributed by atoms with Gasteiger partial charge in [0.05, 0.1) is 17.7 Å². The number of Topliss-reactive ketones (excluding diaryl/α,β-unsaturated/α-hetero) is 1. The van der Waals surface area contributed by atoms with Crippen molar-refractivity contribution in [3.8, 4) is 5.75 Å². The normalized spacial score (nSPS) is 17.6. The number of amides is 1. The number of aliphatic hydroxyl groups excluding tert-OH is 1. The second-order valence-corrected chi connectivity index (χ2v) is 9.00. The molecule has 0 bridgehead atoms. The molecule has 0 aliphatic carbocycles. The molecule has 6 nitrogen and oxygen atoms in total. The summed E-state index contributed by atoms with van der Waals surface area (Å²) in [6.45, 7) is 5.74. The van der Waals surface area contributed by atoms with Gasteiger partial charge in [-0.2, -0.15) is 0 Å². The smallest absolute Gasteiger partial charge is 0.300 e. The number of aromatic nitrogens is 1. The Morgan fingerprint density at radius 1 is 1.12 bits per heavy atom. The van der Waals surface area contributed by atoms with Gasteiger partial charge in [-0.1, -0.05) is 28.1 Å². The predicted octanol–water partition coefficient (Wildman–Crippen LogP) is 5.57. The number of aryl methyl sites for hydroxylation is 1. The number of benzene rings is 2. The topological polar surface area (TPSA) is 79.7 Å². The van der Waals surface area contributed by atoms with Crippen LogP contribution in [0.25, 0.3) is 5.76 Å². The molecule has 2 heterocycles. The van der Waals surface area contributed by atoms with Gasteiger partial charge in [0.25, 0.3) is 11.7 Å². The number of aliphatic hydroxyl groups is 1. The molecule has 0 radical (unpaired) electrons. The second kappa shape index (κ2) is 9.19. The lowest BCUT2D eigenvalue weighted by Gasteiger charge is -2.25. The summed E-state index contributed by atoms with van der Waals surface area (Å²) in [6.07, 6.45) is 3.22. The SMILES string of the molecule is Cc1cc(/C(O)=C2/C(=O)C(=O)N(c3cccc(Br)c3)C2c2cccnc2)ccc1OC(C)C. The minimum atomic E-state index is -0.820. The number of carbonyl (C=O) groups is 2. The van der Waals surface area contributed by atoms with Crippen molar-refractivity contribution in [3.05, 3.63) is 93.7 Å². The zero-order chi connectivity index (χ0) is 23.7. The van der Waals surface area contributed by atoms with Crippen LogP contribution in [0.2, 0.25) is 0 Å². The number of ketones is 1. The van der Waals surface area contributed by atoms with Crippen molar-refractivity contribution in [2.75, 3.05) is 4.90 Å². The molecule has 1 saturated heterocycles. The van der Waals surface area contributed by atoms with E-state index in [2.05, 4.69) is 20.9 Å². The number of pyridine rings is 1. The highest BCUT2D eigenvalue weighted by molar-refractivity contribution is 9.10. The van der Waals surface area contributed by atoms with E-state index >= 15 is 0 Å². The fourth-order valence-electron chi connectivity index (χ4n) is 3.92. The summed E-state index contributed by atoms with van der Waals surface area (Å²) in [4.78, 5) is 31.9. The standard InChI is InChI=1S/C26H23BrN2O4/c1-15(2)33-21-10-9-17(12-16(21)3)24(30)22-23(18-6-5-11-28-14-18)29(26(32)25(22)31)20-8-4-7-19(27)13-20/h4-15,23,30H,1-3H3/b24-22-. The summed E-state index contributed by atoms with van der Waals surface area (Å²) in [5.41, 5.74) is 2.42. The van der Waals surface area contributed by atoms with Crippen LogP contribution in [-0.2, 0) is 9.59 Å². The molecule has 33 heavy (non-hydrogen) atoms. The van der Waals surface area contributed by atoms with Gasteiger partial charge in [-0.15, -0.1) is 0 Å². The third kappa shape index (κ3) is 4.41. The molecule has 0 spiro atoms. The minimum absolute atomic E-state index is 0.00393. The van der Waals surface area contributed by atoms with Gasteiger partial charge in [-0.05, 0) is 74.4 Å². The van der Waals surface area contributed by atoms with Crippen LogP contribution in [-0.4, -0.2) is 27.9 Å². The quantitative estimate of drug-likeness (QED) is 0.278. The molecule has 1 aromatic heterocycles. The Morgan fingerprint density at radius 3 is 2.55 bits per heavy atom. The summed E-state index contributed by atoms with van der Waals surface area (Å²) in [5, 5.41) is 11.3. The van der Waals surface area contributed by atoms with Crippen LogP contribution in [0.4, 0.5) is 5.69 Å². The number of carbonyl (C=O) groups excluding carboxylic acids is 2. The number of rotatable bonds is 5. The van der Waals surface area contributed by atoms with E-state index in [0.29, 0.717) is 22.6 Å². The molecule has 3 aromatic rings. The molecule has 1 atom stereocenters. The fourth-order valence-corrected chi connectivity index (χ4v) is 4.30. The average Bonchev–Trinajstić information content (AvgIpc) is 3.05. The van der Waals surface area contributed by atoms with Crippen molar-refractivity contribution in [2.24, 2.45) is 0 Å². The van der Waals surface area contributed by atoms with Crippen LogP contribution in [0.5, 0.6) is 5.75 Å². The molecule has 168 valence electrons. The molecule has 1 fully saturated rings. The van der Waals surface area contributed by atoms with Gasteiger partial charge in [0.1, 0.15) is 11.5 Å². The van der Waals surface area contributed by atoms with Crippen molar-refractivity contribution in [1.82, 2.24) is 4.98 Å². The Kier molecular flexibility index (Phi) is 6.33. The van der Waals surface area contributed by atoms with E-state index in [1.54, 1.807) is 60.9 Å². The maximum absolute atomic E-state index is 13.2. The Labute approximate surface area is 200 Å². The highest BCUT2D eigenvalue weighted by Crippen LogP contribution is 2.42. The van der Waals surface area contributed by atoms with Gasteiger partial charge >= 0.3 is 0 Å². The summed E-state index contributed by atoms with van der Waals surface area (Å²) in [5.74, 6) is -1.000. The Hall–Kier alpha value is -3.45. The summed E-state index contributed by atoms with van der Waals surface area (Å²) >= 11 is 3.42. The Balaban J connectivity index is 1.88. The van der Waals surface area contributed by atoms with Gasteiger partial charge in [-0.3, -0.25) is 19.5 Å². The number of halogens is 1. The van der Waals surface area contributed by atoms with Gasteiger partial charge in [0.2, 0.25) is 0 Å². The van der Waals surface area contributed by atoms with Gasteiger partial charge in [0, 0.05) is 28.1 Å². The number of hydrogen-bond acceptors (Lipinski definition) is 5. The van der Waals surface area contributed by atoms with Crippen LogP contribution in [0.3, 0.4) is 0 Å². The van der Waals surface area contributed by atoms with Crippen molar-refractivity contribution in [2.45, 2.75) is 32.9 Å². The third-order valence-electron chi connectivity index (χ3n) is 5.34. The number of hydrogen-bond donors (Lipinski definition) is 1. The molecule has 1 aliphatic rings. The molecule has 1 unspecified atom stereocenters. The van der Waals surface area contributed by atoms with Crippen LogP contribution in [0, 0.1) is 6.92 Å². The van der Waals surface area contributed by atoms with E-state index in [1.165, 1.54) is 4.90 Å². The second-order valence-electron chi connectivity index (χ2n) is 8.08. The molecular formula is C26H23BrN2O4. The zero-order valence-electron chi connectivity index (χ0n) is 18.4. The summed E-state index contributed by atoms with van der Waals surface area (Å²) < 4.78 is 6.55. The van der Waals surface area contributed by atoms with Crippen LogP contribution >= 0.6 is 15.9 Å². The number of anilines is 1. The van der Waals surface area contributed by atoms with Gasteiger partial charge in [0.15, 0.2) is 0 Å². The molecule has 0 saturated carbocycles. The van der Waals surface area contributed by atoms with Crippen LogP contribution in [0.15, 0.2) is 77.0 Å². The van der Waals surface area contributed by atoms with Crippen molar-refractivity contribution < 1.29 is 19.4 Å². The maximum Gasteiger partial charge on any atom is 0.300 e. The van der Waals surface area contributed by atoms with E-state index in [-0.39, 0.29) is 17.4 Å². The minimum Gasteiger partial charge on any atom is -0.507 e. The van der Waals surface area contributed by atoms with E-state index in [4.69, 9.17) is 4.74 Å². The van der Waals surface area contributed by atoms with Gasteiger partial charge in [-0.25, -0.2) is 0 Å². The van der Waals surface area contributed by atoms with Gasteiger partial charge < -0.3 is 9.84 Å². The first-order chi connectivity index (χ1) is 15.8. The lowest BCUT2D eigenvalue weighted by molar-refractivity contribution is -0.132. The Bertz CT molecular complexity index is 1250. The molecule has 1 N–H and O–H groups in total.